The Balaban J connectivity index is 2.07. The van der Waals surface area contributed by atoms with Crippen LogP contribution in [0.5, 0.6) is 0 Å². The van der Waals surface area contributed by atoms with Crippen LogP contribution in [0.1, 0.15) is 25.7 Å². The van der Waals surface area contributed by atoms with E-state index < -0.39 is 10.0 Å². The van der Waals surface area contributed by atoms with Gasteiger partial charge >= 0.3 is 0 Å². The van der Waals surface area contributed by atoms with Gasteiger partial charge in [0.25, 0.3) is 0 Å². The molecule has 22 heavy (non-hydrogen) atoms. The molecule has 1 saturated heterocycles. The Labute approximate surface area is 132 Å². The molecule has 4 nitrogen and oxygen atoms in total. The van der Waals surface area contributed by atoms with Crippen LogP contribution in [-0.4, -0.2) is 31.9 Å². The van der Waals surface area contributed by atoms with E-state index in [1.807, 2.05) is 36.4 Å². The van der Waals surface area contributed by atoms with Crippen LogP contribution in [0.3, 0.4) is 0 Å². The number of benzene rings is 2. The molecule has 1 atom stereocenters. The second-order valence-electron chi connectivity index (χ2n) is 5.82. The summed E-state index contributed by atoms with van der Waals surface area (Å²) in [6, 6.07) is 13.1. The lowest BCUT2D eigenvalue weighted by Gasteiger charge is -2.34. The van der Waals surface area contributed by atoms with E-state index in [9.17, 15) is 8.42 Å². The number of hydrogen-bond acceptors (Lipinski definition) is 3. The molecule has 0 spiro atoms. The lowest BCUT2D eigenvalue weighted by Crippen LogP contribution is -2.44. The van der Waals surface area contributed by atoms with Crippen molar-refractivity contribution >= 4 is 20.8 Å². The lowest BCUT2D eigenvalue weighted by molar-refractivity contribution is 0.243. The highest BCUT2D eigenvalue weighted by Gasteiger charge is 2.33. The Morgan fingerprint density at radius 1 is 1.09 bits per heavy atom. The Kier molecular flexibility index (Phi) is 4.47. The smallest absolute Gasteiger partial charge is 0.243 e. The molecule has 0 aromatic heterocycles. The van der Waals surface area contributed by atoms with Crippen LogP contribution in [0.2, 0.25) is 0 Å². The normalized spacial score (nSPS) is 20.3. The van der Waals surface area contributed by atoms with Gasteiger partial charge < -0.3 is 5.73 Å². The second-order valence-corrected chi connectivity index (χ2v) is 7.68. The summed E-state index contributed by atoms with van der Waals surface area (Å²) in [6.07, 6.45) is 3.63. The minimum absolute atomic E-state index is 0.0303. The number of piperidine rings is 1. The zero-order valence-electron chi connectivity index (χ0n) is 12.6. The van der Waals surface area contributed by atoms with Crippen LogP contribution in [0.15, 0.2) is 47.4 Å². The highest BCUT2D eigenvalue weighted by atomic mass is 32.2. The van der Waals surface area contributed by atoms with Gasteiger partial charge in [-0.05, 0) is 37.3 Å². The second kappa shape index (κ2) is 6.36. The van der Waals surface area contributed by atoms with Gasteiger partial charge in [-0.15, -0.1) is 0 Å². The van der Waals surface area contributed by atoms with Crippen molar-refractivity contribution in [1.29, 1.82) is 0 Å². The van der Waals surface area contributed by atoms with E-state index in [-0.39, 0.29) is 6.04 Å². The van der Waals surface area contributed by atoms with Crippen LogP contribution < -0.4 is 5.73 Å². The van der Waals surface area contributed by atoms with Gasteiger partial charge in [-0.3, -0.25) is 0 Å². The van der Waals surface area contributed by atoms with Crippen molar-refractivity contribution < 1.29 is 8.42 Å². The maximum Gasteiger partial charge on any atom is 0.243 e. The van der Waals surface area contributed by atoms with Crippen molar-refractivity contribution in [1.82, 2.24) is 4.31 Å². The fourth-order valence-electron chi connectivity index (χ4n) is 3.32. The highest BCUT2D eigenvalue weighted by molar-refractivity contribution is 7.89. The van der Waals surface area contributed by atoms with Crippen LogP contribution in [-0.2, 0) is 10.0 Å². The predicted molar refractivity (Wildman–Crippen MR) is 89.2 cm³/mol. The summed E-state index contributed by atoms with van der Waals surface area (Å²) < 4.78 is 28.0. The summed E-state index contributed by atoms with van der Waals surface area (Å²) in [4.78, 5) is 0.412. The predicted octanol–water partition coefficient (Wildman–Crippen LogP) is 2.73. The van der Waals surface area contributed by atoms with E-state index in [0.717, 1.165) is 36.5 Å². The molecule has 1 heterocycles. The van der Waals surface area contributed by atoms with E-state index in [1.54, 1.807) is 10.4 Å². The third kappa shape index (κ3) is 2.76. The topological polar surface area (TPSA) is 63.4 Å². The van der Waals surface area contributed by atoms with Gasteiger partial charge in [0.1, 0.15) is 0 Å². The average molecular weight is 318 g/mol. The first-order valence-corrected chi connectivity index (χ1v) is 9.28. The molecule has 118 valence electrons. The Hall–Kier alpha value is -1.43. The number of fused-ring (bicyclic) bond motifs is 1. The van der Waals surface area contributed by atoms with Gasteiger partial charge in [0.05, 0.1) is 4.90 Å². The summed E-state index contributed by atoms with van der Waals surface area (Å²) in [7, 11) is -3.48. The van der Waals surface area contributed by atoms with Gasteiger partial charge in [-0.2, -0.15) is 4.31 Å². The third-order valence-corrected chi connectivity index (χ3v) is 6.42. The SMILES string of the molecule is NCCC1CCCCN1S(=O)(=O)c1cccc2ccccc12. The molecular weight excluding hydrogens is 296 g/mol. The quantitative estimate of drug-likeness (QED) is 0.943. The van der Waals surface area contributed by atoms with E-state index >= 15 is 0 Å². The summed E-state index contributed by atoms with van der Waals surface area (Å²) in [5.41, 5.74) is 5.67. The van der Waals surface area contributed by atoms with Crippen molar-refractivity contribution in [3.63, 3.8) is 0 Å². The molecule has 5 heteroatoms. The molecule has 1 aliphatic rings. The summed E-state index contributed by atoms with van der Waals surface area (Å²) in [6.45, 7) is 1.11. The fourth-order valence-corrected chi connectivity index (χ4v) is 5.26. The number of nitrogens with zero attached hydrogens (tertiary/aromatic N) is 1. The van der Waals surface area contributed by atoms with Crippen LogP contribution >= 0.6 is 0 Å². The first-order valence-electron chi connectivity index (χ1n) is 7.84. The van der Waals surface area contributed by atoms with Gasteiger partial charge in [-0.1, -0.05) is 42.8 Å². The monoisotopic (exact) mass is 318 g/mol. The zero-order chi connectivity index (χ0) is 15.6. The van der Waals surface area contributed by atoms with Crippen molar-refractivity contribution in [2.45, 2.75) is 36.6 Å². The number of sulfonamides is 1. The zero-order valence-corrected chi connectivity index (χ0v) is 13.4. The van der Waals surface area contributed by atoms with Crippen molar-refractivity contribution in [2.75, 3.05) is 13.1 Å². The molecule has 1 fully saturated rings. The molecule has 0 saturated carbocycles. The van der Waals surface area contributed by atoms with Gasteiger partial charge in [0.2, 0.25) is 10.0 Å². The molecule has 0 radical (unpaired) electrons. The van der Waals surface area contributed by atoms with Crippen LogP contribution in [0.4, 0.5) is 0 Å². The van der Waals surface area contributed by atoms with E-state index in [1.165, 1.54) is 0 Å². The molecule has 0 aliphatic carbocycles. The number of rotatable bonds is 4. The first-order chi connectivity index (χ1) is 10.6. The molecule has 0 amide bonds. The van der Waals surface area contributed by atoms with E-state index in [2.05, 4.69) is 0 Å². The van der Waals surface area contributed by atoms with Gasteiger partial charge in [-0.25, -0.2) is 8.42 Å². The lowest BCUT2D eigenvalue weighted by atomic mass is 10.0. The standard InChI is InChI=1S/C17H22N2O2S/c18-12-11-15-8-3-4-13-19(15)22(20,21)17-10-5-7-14-6-1-2-9-16(14)17/h1-2,5-7,9-10,15H,3-4,8,11-13,18H2. The molecule has 0 bridgehead atoms. The molecule has 2 aromatic rings. The van der Waals surface area contributed by atoms with Crippen molar-refractivity contribution in [3.8, 4) is 0 Å². The number of hydrogen-bond donors (Lipinski definition) is 1. The molecule has 1 unspecified atom stereocenters. The van der Waals surface area contributed by atoms with Crippen molar-refractivity contribution in [3.05, 3.63) is 42.5 Å². The van der Waals surface area contributed by atoms with Crippen LogP contribution in [0, 0.1) is 0 Å². The summed E-state index contributed by atoms with van der Waals surface area (Å²) in [5.74, 6) is 0. The largest absolute Gasteiger partial charge is 0.330 e. The minimum Gasteiger partial charge on any atom is -0.330 e. The van der Waals surface area contributed by atoms with E-state index in [0.29, 0.717) is 18.0 Å². The molecule has 2 aromatic carbocycles. The maximum absolute atomic E-state index is 13.2. The summed E-state index contributed by atoms with van der Waals surface area (Å²) in [5, 5.41) is 1.75. The van der Waals surface area contributed by atoms with Crippen LogP contribution in [0.25, 0.3) is 10.8 Å². The maximum atomic E-state index is 13.2. The van der Waals surface area contributed by atoms with Crippen molar-refractivity contribution in [2.24, 2.45) is 5.73 Å². The molecule has 1 aliphatic heterocycles. The Bertz CT molecular complexity index is 751. The highest BCUT2D eigenvalue weighted by Crippen LogP contribution is 2.30. The Morgan fingerprint density at radius 2 is 1.86 bits per heavy atom. The average Bonchev–Trinajstić information content (AvgIpc) is 2.55. The Morgan fingerprint density at radius 3 is 2.68 bits per heavy atom. The fraction of sp³-hybridized carbons (Fsp3) is 0.412. The van der Waals surface area contributed by atoms with Gasteiger partial charge in [0.15, 0.2) is 0 Å². The molecule has 3 rings (SSSR count). The van der Waals surface area contributed by atoms with Gasteiger partial charge in [0, 0.05) is 18.0 Å². The third-order valence-electron chi connectivity index (χ3n) is 4.41. The molecular formula is C17H22N2O2S. The summed E-state index contributed by atoms with van der Waals surface area (Å²) >= 11 is 0. The number of nitrogens with two attached hydrogens (primary N) is 1. The minimum atomic E-state index is -3.48. The molecule has 2 N–H and O–H groups in total. The van der Waals surface area contributed by atoms with E-state index in [4.69, 9.17) is 5.73 Å². The first kappa shape index (κ1) is 15.5.